The molecule has 5 atom stereocenters. The molecule has 0 spiro atoms. The van der Waals surface area contributed by atoms with Gasteiger partial charge < -0.3 is 0 Å². The van der Waals surface area contributed by atoms with Crippen molar-refractivity contribution in [2.75, 3.05) is 0 Å². The van der Waals surface area contributed by atoms with Crippen LogP contribution in [0.25, 0.3) is 0 Å². The first-order chi connectivity index (χ1) is 10.9. The van der Waals surface area contributed by atoms with Crippen LogP contribution in [-0.2, 0) is 0 Å². The van der Waals surface area contributed by atoms with Crippen molar-refractivity contribution in [1.29, 1.82) is 0 Å². The van der Waals surface area contributed by atoms with Crippen molar-refractivity contribution in [1.82, 2.24) is 0 Å². The zero-order valence-corrected chi connectivity index (χ0v) is 16.3. The summed E-state index contributed by atoms with van der Waals surface area (Å²) in [5.41, 5.74) is 3.57. The molecular formula is C23H40. The van der Waals surface area contributed by atoms with Gasteiger partial charge in [0, 0.05) is 0 Å². The van der Waals surface area contributed by atoms with E-state index in [1.807, 2.05) is 0 Å². The number of hydrogen-bond donors (Lipinski definition) is 0. The van der Waals surface area contributed by atoms with Crippen LogP contribution in [0.1, 0.15) is 91.9 Å². The van der Waals surface area contributed by atoms with Crippen LogP contribution in [0.15, 0.2) is 24.3 Å². The van der Waals surface area contributed by atoms with Gasteiger partial charge in [0.2, 0.25) is 0 Å². The highest BCUT2D eigenvalue weighted by Crippen LogP contribution is 2.59. The maximum atomic E-state index is 4.41. The maximum absolute atomic E-state index is 4.41. The molecule has 0 aromatic rings. The fraction of sp³-hybridized carbons (Fsp3) is 0.826. The second-order valence-corrected chi connectivity index (χ2v) is 8.93. The Balaban J connectivity index is 1.79. The van der Waals surface area contributed by atoms with E-state index < -0.39 is 0 Å². The average molecular weight is 317 g/mol. The van der Waals surface area contributed by atoms with Crippen molar-refractivity contribution in [3.63, 3.8) is 0 Å². The quantitative estimate of drug-likeness (QED) is 0.320. The Morgan fingerprint density at radius 2 is 1.91 bits per heavy atom. The van der Waals surface area contributed by atoms with Crippen LogP contribution < -0.4 is 0 Å². The topological polar surface area (TPSA) is 0 Å². The standard InChI is InChI=1S/C23H40/c1-7-17(2)18(3)11-8-9-12-19(4)21-14-15-22-20(5)13-10-16-23(21,22)6/h18-19,21-22H,2,5,7-16H2,1,3-4,6H3. The minimum absolute atomic E-state index is 0.568. The van der Waals surface area contributed by atoms with Crippen LogP contribution >= 0.6 is 0 Å². The van der Waals surface area contributed by atoms with Gasteiger partial charge in [0.05, 0.1) is 0 Å². The molecule has 132 valence electrons. The molecule has 0 heterocycles. The Morgan fingerprint density at radius 3 is 2.61 bits per heavy atom. The third kappa shape index (κ3) is 4.12. The fourth-order valence-electron chi connectivity index (χ4n) is 5.77. The highest BCUT2D eigenvalue weighted by molar-refractivity contribution is 5.15. The molecule has 0 aliphatic heterocycles. The molecule has 0 amide bonds. The van der Waals surface area contributed by atoms with Crippen LogP contribution in [0.2, 0.25) is 0 Å². The second kappa shape index (κ2) is 8.04. The lowest BCUT2D eigenvalue weighted by Gasteiger charge is -2.44. The van der Waals surface area contributed by atoms with Gasteiger partial charge in [-0.05, 0) is 74.0 Å². The average Bonchev–Trinajstić information content (AvgIpc) is 2.88. The summed E-state index contributed by atoms with van der Waals surface area (Å²) in [6.45, 7) is 18.3. The van der Waals surface area contributed by atoms with Crippen molar-refractivity contribution >= 4 is 0 Å². The molecule has 0 aromatic carbocycles. The van der Waals surface area contributed by atoms with Gasteiger partial charge in [-0.3, -0.25) is 0 Å². The first-order valence-electron chi connectivity index (χ1n) is 10.3. The molecular weight excluding hydrogens is 276 g/mol. The number of fused-ring (bicyclic) bond motifs is 1. The zero-order chi connectivity index (χ0) is 17.0. The molecule has 2 fully saturated rings. The third-order valence-electron chi connectivity index (χ3n) is 7.50. The first-order valence-corrected chi connectivity index (χ1v) is 10.3. The summed E-state index contributed by atoms with van der Waals surface area (Å²) in [5, 5.41) is 0. The van der Waals surface area contributed by atoms with E-state index in [0.717, 1.165) is 24.2 Å². The number of allylic oxidation sites excluding steroid dienone is 2. The van der Waals surface area contributed by atoms with E-state index in [2.05, 4.69) is 40.9 Å². The van der Waals surface area contributed by atoms with E-state index in [0.29, 0.717) is 11.3 Å². The smallest absolute Gasteiger partial charge is 0.0149 e. The molecule has 0 nitrogen and oxygen atoms in total. The molecule has 2 rings (SSSR count). The summed E-state index contributed by atoms with van der Waals surface area (Å²) in [6, 6.07) is 0. The Morgan fingerprint density at radius 1 is 1.22 bits per heavy atom. The van der Waals surface area contributed by atoms with Gasteiger partial charge in [0.15, 0.2) is 0 Å². The van der Waals surface area contributed by atoms with Gasteiger partial charge >= 0.3 is 0 Å². The fourth-order valence-corrected chi connectivity index (χ4v) is 5.77. The van der Waals surface area contributed by atoms with Crippen LogP contribution in [0.3, 0.4) is 0 Å². The van der Waals surface area contributed by atoms with Gasteiger partial charge in [-0.2, -0.15) is 0 Å². The summed E-state index contributed by atoms with van der Waals surface area (Å²) in [6.07, 6.45) is 13.7. The minimum atomic E-state index is 0.568. The van der Waals surface area contributed by atoms with Gasteiger partial charge in [-0.25, -0.2) is 0 Å². The van der Waals surface area contributed by atoms with Crippen LogP contribution in [0.5, 0.6) is 0 Å². The largest absolute Gasteiger partial charge is 0.0996 e. The SMILES string of the molecule is C=C(CC)C(C)CCCCC(C)C1CCC2C(=C)CCCC21C. The summed E-state index contributed by atoms with van der Waals surface area (Å²) in [5.74, 6) is 3.37. The highest BCUT2D eigenvalue weighted by Gasteiger charge is 2.49. The molecule has 0 saturated heterocycles. The summed E-state index contributed by atoms with van der Waals surface area (Å²) >= 11 is 0. The van der Waals surface area contributed by atoms with Crippen molar-refractivity contribution in [3.05, 3.63) is 24.3 Å². The molecule has 2 aliphatic rings. The Bertz CT molecular complexity index is 418. The minimum Gasteiger partial charge on any atom is -0.0996 e. The van der Waals surface area contributed by atoms with Crippen LogP contribution in [0.4, 0.5) is 0 Å². The maximum Gasteiger partial charge on any atom is -0.0149 e. The summed E-state index contributed by atoms with van der Waals surface area (Å²) in [4.78, 5) is 0. The van der Waals surface area contributed by atoms with Gasteiger partial charge in [-0.15, -0.1) is 0 Å². The van der Waals surface area contributed by atoms with Crippen LogP contribution in [0, 0.1) is 29.1 Å². The molecule has 23 heavy (non-hydrogen) atoms. The Labute approximate surface area is 145 Å². The molecule has 0 heteroatoms. The predicted molar refractivity (Wildman–Crippen MR) is 104 cm³/mol. The molecule has 5 unspecified atom stereocenters. The normalized spacial score (nSPS) is 33.3. The first kappa shape index (κ1) is 18.8. The van der Waals surface area contributed by atoms with Crippen LogP contribution in [-0.4, -0.2) is 0 Å². The monoisotopic (exact) mass is 316 g/mol. The molecule has 2 aliphatic carbocycles. The number of unbranched alkanes of at least 4 members (excludes halogenated alkanes) is 1. The molecule has 2 saturated carbocycles. The predicted octanol–water partition coefficient (Wildman–Crippen LogP) is 7.56. The summed E-state index contributed by atoms with van der Waals surface area (Å²) in [7, 11) is 0. The lowest BCUT2D eigenvalue weighted by atomic mass is 9.61. The third-order valence-corrected chi connectivity index (χ3v) is 7.50. The van der Waals surface area contributed by atoms with Crippen molar-refractivity contribution in [2.45, 2.75) is 91.9 Å². The number of rotatable bonds is 8. The Hall–Kier alpha value is -0.520. The van der Waals surface area contributed by atoms with Crippen molar-refractivity contribution in [3.8, 4) is 0 Å². The van der Waals surface area contributed by atoms with E-state index in [-0.39, 0.29) is 0 Å². The lowest BCUT2D eigenvalue weighted by molar-refractivity contribution is 0.0934. The molecule has 0 N–H and O–H groups in total. The van der Waals surface area contributed by atoms with Crippen molar-refractivity contribution < 1.29 is 0 Å². The lowest BCUT2D eigenvalue weighted by Crippen LogP contribution is -2.35. The molecule has 0 bridgehead atoms. The highest BCUT2D eigenvalue weighted by atomic mass is 14.5. The number of hydrogen-bond acceptors (Lipinski definition) is 0. The van der Waals surface area contributed by atoms with E-state index in [4.69, 9.17) is 0 Å². The van der Waals surface area contributed by atoms with Gasteiger partial charge in [0.25, 0.3) is 0 Å². The van der Waals surface area contributed by atoms with E-state index in [9.17, 15) is 0 Å². The van der Waals surface area contributed by atoms with Gasteiger partial charge in [0.1, 0.15) is 0 Å². The Kier molecular flexibility index (Phi) is 6.57. The molecule has 0 radical (unpaired) electrons. The van der Waals surface area contributed by atoms with Gasteiger partial charge in [-0.1, -0.05) is 71.3 Å². The zero-order valence-electron chi connectivity index (χ0n) is 16.3. The molecule has 0 aromatic heterocycles. The second-order valence-electron chi connectivity index (χ2n) is 8.93. The van der Waals surface area contributed by atoms with E-state index in [1.165, 1.54) is 63.4 Å². The van der Waals surface area contributed by atoms with E-state index >= 15 is 0 Å². The van der Waals surface area contributed by atoms with E-state index in [1.54, 1.807) is 5.57 Å². The summed E-state index contributed by atoms with van der Waals surface area (Å²) < 4.78 is 0. The van der Waals surface area contributed by atoms with Crippen molar-refractivity contribution in [2.24, 2.45) is 29.1 Å².